The van der Waals surface area contributed by atoms with Gasteiger partial charge < -0.3 is 5.11 Å². The van der Waals surface area contributed by atoms with E-state index in [1.165, 1.54) is 0 Å². The second-order valence-electron chi connectivity index (χ2n) is 3.91. The molecule has 0 unspecified atom stereocenters. The van der Waals surface area contributed by atoms with Crippen LogP contribution in [-0.4, -0.2) is 21.7 Å². The summed E-state index contributed by atoms with van der Waals surface area (Å²) in [6.45, 7) is 1.65. The first-order valence-electron chi connectivity index (χ1n) is 5.51. The van der Waals surface area contributed by atoms with Crippen molar-refractivity contribution in [3.63, 3.8) is 0 Å². The van der Waals surface area contributed by atoms with Crippen LogP contribution in [0.25, 0.3) is 11.3 Å². The minimum atomic E-state index is -0.538. The number of benzene rings is 1. The molecule has 94 valence electrons. The van der Waals surface area contributed by atoms with E-state index in [0.29, 0.717) is 17.2 Å². The van der Waals surface area contributed by atoms with E-state index in [2.05, 4.69) is 9.97 Å². The number of halogens is 2. The number of nitrogens with zero attached hydrogens (tertiary/aromatic N) is 2. The summed E-state index contributed by atoms with van der Waals surface area (Å²) < 4.78 is 26.8. The monoisotopic (exact) mass is 250 g/mol. The molecule has 2 rings (SSSR count). The molecule has 0 saturated carbocycles. The number of aromatic nitrogens is 2. The maximum absolute atomic E-state index is 13.6. The molecule has 1 aromatic heterocycles. The number of aliphatic hydroxyl groups is 1. The molecule has 0 aliphatic carbocycles. The Hall–Kier alpha value is -1.88. The SMILES string of the molecule is Cc1cc(-c2cc(F)ccc2F)nc(CCO)n1. The van der Waals surface area contributed by atoms with E-state index in [4.69, 9.17) is 5.11 Å². The molecule has 0 atom stereocenters. The van der Waals surface area contributed by atoms with E-state index < -0.39 is 11.6 Å². The van der Waals surface area contributed by atoms with E-state index in [9.17, 15) is 8.78 Å². The highest BCUT2D eigenvalue weighted by Crippen LogP contribution is 2.22. The highest BCUT2D eigenvalue weighted by Gasteiger charge is 2.10. The van der Waals surface area contributed by atoms with Crippen molar-refractivity contribution in [1.82, 2.24) is 9.97 Å². The molecule has 0 radical (unpaired) electrons. The van der Waals surface area contributed by atoms with Gasteiger partial charge in [-0.05, 0) is 31.2 Å². The minimum Gasteiger partial charge on any atom is -0.396 e. The Labute approximate surface area is 103 Å². The first-order valence-corrected chi connectivity index (χ1v) is 5.51. The molecular formula is C13H12F2N2O. The van der Waals surface area contributed by atoms with Crippen molar-refractivity contribution in [2.45, 2.75) is 13.3 Å². The van der Waals surface area contributed by atoms with Gasteiger partial charge in [-0.2, -0.15) is 0 Å². The Balaban J connectivity index is 2.52. The molecule has 0 saturated heterocycles. The summed E-state index contributed by atoms with van der Waals surface area (Å²) in [4.78, 5) is 8.23. The van der Waals surface area contributed by atoms with Crippen LogP contribution < -0.4 is 0 Å². The van der Waals surface area contributed by atoms with Crippen molar-refractivity contribution in [1.29, 1.82) is 0 Å². The summed E-state index contributed by atoms with van der Waals surface area (Å²) in [7, 11) is 0. The van der Waals surface area contributed by atoms with E-state index in [1.54, 1.807) is 13.0 Å². The van der Waals surface area contributed by atoms with Crippen LogP contribution >= 0.6 is 0 Å². The fraction of sp³-hybridized carbons (Fsp3) is 0.231. The van der Waals surface area contributed by atoms with Crippen LogP contribution in [0.1, 0.15) is 11.5 Å². The third-order valence-electron chi connectivity index (χ3n) is 2.44. The second kappa shape index (κ2) is 5.18. The zero-order chi connectivity index (χ0) is 13.1. The zero-order valence-corrected chi connectivity index (χ0v) is 9.82. The van der Waals surface area contributed by atoms with Crippen LogP contribution in [0.4, 0.5) is 8.78 Å². The van der Waals surface area contributed by atoms with E-state index in [-0.39, 0.29) is 18.6 Å². The first-order chi connectivity index (χ1) is 8.60. The zero-order valence-electron chi connectivity index (χ0n) is 9.82. The van der Waals surface area contributed by atoms with Gasteiger partial charge in [0.05, 0.1) is 12.3 Å². The van der Waals surface area contributed by atoms with Crippen molar-refractivity contribution < 1.29 is 13.9 Å². The quantitative estimate of drug-likeness (QED) is 0.908. The molecule has 0 fully saturated rings. The number of hydrogen-bond donors (Lipinski definition) is 1. The van der Waals surface area contributed by atoms with Crippen LogP contribution in [0, 0.1) is 18.6 Å². The minimum absolute atomic E-state index is 0.0888. The van der Waals surface area contributed by atoms with Crippen LogP contribution in [0.15, 0.2) is 24.3 Å². The highest BCUT2D eigenvalue weighted by molar-refractivity contribution is 5.60. The summed E-state index contributed by atoms with van der Waals surface area (Å²) >= 11 is 0. The average Bonchev–Trinajstić information content (AvgIpc) is 2.32. The lowest BCUT2D eigenvalue weighted by Crippen LogP contribution is -2.02. The van der Waals surface area contributed by atoms with Gasteiger partial charge in [0.25, 0.3) is 0 Å². The van der Waals surface area contributed by atoms with E-state index in [1.807, 2.05) is 0 Å². The predicted molar refractivity (Wildman–Crippen MR) is 62.9 cm³/mol. The van der Waals surface area contributed by atoms with Gasteiger partial charge in [0.15, 0.2) is 0 Å². The van der Waals surface area contributed by atoms with Crippen LogP contribution in [0.3, 0.4) is 0 Å². The average molecular weight is 250 g/mol. The van der Waals surface area contributed by atoms with Crippen molar-refractivity contribution in [2.24, 2.45) is 0 Å². The number of aryl methyl sites for hydroxylation is 1. The fourth-order valence-corrected chi connectivity index (χ4v) is 1.67. The first kappa shape index (κ1) is 12.6. The Kier molecular flexibility index (Phi) is 3.62. The fourth-order valence-electron chi connectivity index (χ4n) is 1.67. The van der Waals surface area contributed by atoms with Crippen LogP contribution in [0.5, 0.6) is 0 Å². The lowest BCUT2D eigenvalue weighted by atomic mass is 10.1. The number of rotatable bonds is 3. The summed E-state index contributed by atoms with van der Waals surface area (Å²) in [5.74, 6) is -0.646. The molecular weight excluding hydrogens is 238 g/mol. The highest BCUT2D eigenvalue weighted by atomic mass is 19.1. The van der Waals surface area contributed by atoms with Gasteiger partial charge in [0, 0.05) is 17.7 Å². The van der Waals surface area contributed by atoms with Crippen LogP contribution in [-0.2, 0) is 6.42 Å². The van der Waals surface area contributed by atoms with Gasteiger partial charge in [-0.25, -0.2) is 18.7 Å². The third-order valence-corrected chi connectivity index (χ3v) is 2.44. The van der Waals surface area contributed by atoms with Gasteiger partial charge in [-0.15, -0.1) is 0 Å². The molecule has 0 aliphatic heterocycles. The van der Waals surface area contributed by atoms with E-state index in [0.717, 1.165) is 18.2 Å². The van der Waals surface area contributed by atoms with Gasteiger partial charge in [-0.3, -0.25) is 0 Å². The van der Waals surface area contributed by atoms with Crippen molar-refractivity contribution in [2.75, 3.05) is 6.61 Å². The lowest BCUT2D eigenvalue weighted by Gasteiger charge is -2.06. The lowest BCUT2D eigenvalue weighted by molar-refractivity contribution is 0.296. The summed E-state index contributed by atoms with van der Waals surface area (Å²) in [5.41, 5.74) is 1.06. The predicted octanol–water partition coefficient (Wildman–Crippen LogP) is 2.27. The Bertz CT molecular complexity index is 573. The Morgan fingerprint density at radius 1 is 1.17 bits per heavy atom. The third kappa shape index (κ3) is 2.68. The maximum Gasteiger partial charge on any atom is 0.132 e. The normalized spacial score (nSPS) is 10.7. The van der Waals surface area contributed by atoms with Crippen LogP contribution in [0.2, 0.25) is 0 Å². The topological polar surface area (TPSA) is 46.0 Å². The van der Waals surface area contributed by atoms with Crippen molar-refractivity contribution in [3.05, 3.63) is 47.4 Å². The van der Waals surface area contributed by atoms with Gasteiger partial charge in [0.2, 0.25) is 0 Å². The van der Waals surface area contributed by atoms with Gasteiger partial charge in [0.1, 0.15) is 17.5 Å². The van der Waals surface area contributed by atoms with Gasteiger partial charge >= 0.3 is 0 Å². The summed E-state index contributed by atoms with van der Waals surface area (Å²) in [6, 6.07) is 4.80. The molecule has 0 bridgehead atoms. The summed E-state index contributed by atoms with van der Waals surface area (Å²) in [5, 5.41) is 8.86. The van der Waals surface area contributed by atoms with Crippen molar-refractivity contribution in [3.8, 4) is 11.3 Å². The van der Waals surface area contributed by atoms with Crippen molar-refractivity contribution >= 4 is 0 Å². The molecule has 18 heavy (non-hydrogen) atoms. The number of hydrogen-bond acceptors (Lipinski definition) is 3. The molecule has 3 nitrogen and oxygen atoms in total. The maximum atomic E-state index is 13.6. The molecule has 0 aliphatic rings. The van der Waals surface area contributed by atoms with Gasteiger partial charge in [-0.1, -0.05) is 0 Å². The molecule has 0 amide bonds. The second-order valence-corrected chi connectivity index (χ2v) is 3.91. The molecule has 1 aromatic carbocycles. The molecule has 0 spiro atoms. The van der Waals surface area contributed by atoms with E-state index >= 15 is 0 Å². The molecule has 2 aromatic rings. The smallest absolute Gasteiger partial charge is 0.132 e. The summed E-state index contributed by atoms with van der Waals surface area (Å²) in [6.07, 6.45) is 0.283. The molecule has 1 N–H and O–H groups in total. The number of aliphatic hydroxyl groups excluding tert-OH is 1. The largest absolute Gasteiger partial charge is 0.396 e. The Morgan fingerprint density at radius 2 is 1.94 bits per heavy atom. The Morgan fingerprint density at radius 3 is 2.67 bits per heavy atom. The molecule has 1 heterocycles. The standard InChI is InChI=1S/C13H12F2N2O/c1-8-6-12(17-13(16-8)4-5-18)10-7-9(14)2-3-11(10)15/h2-3,6-7,18H,4-5H2,1H3. The molecule has 5 heteroatoms.